The van der Waals surface area contributed by atoms with Crippen molar-refractivity contribution in [1.29, 1.82) is 5.41 Å². The molecule has 0 spiro atoms. The summed E-state index contributed by atoms with van der Waals surface area (Å²) in [5, 5.41) is 7.40. The van der Waals surface area contributed by atoms with E-state index in [0.29, 0.717) is 17.9 Å². The molecule has 3 nitrogen and oxygen atoms in total. The molecule has 1 fully saturated rings. The van der Waals surface area contributed by atoms with E-state index in [4.69, 9.17) is 11.1 Å². The lowest BCUT2D eigenvalue weighted by molar-refractivity contribution is 0.0823. The van der Waals surface area contributed by atoms with Crippen molar-refractivity contribution in [1.82, 2.24) is 4.90 Å². The van der Waals surface area contributed by atoms with Crippen molar-refractivity contribution in [2.45, 2.75) is 58.5 Å². The van der Waals surface area contributed by atoms with Gasteiger partial charge in [0.25, 0.3) is 0 Å². The Labute approximate surface area is 93.5 Å². The summed E-state index contributed by atoms with van der Waals surface area (Å²) in [7, 11) is 0. The first kappa shape index (κ1) is 12.5. The van der Waals surface area contributed by atoms with Crippen LogP contribution in [-0.2, 0) is 0 Å². The summed E-state index contributed by atoms with van der Waals surface area (Å²) in [5.41, 5.74) is 5.50. The fourth-order valence-electron chi connectivity index (χ4n) is 2.72. The van der Waals surface area contributed by atoms with E-state index in [-0.39, 0.29) is 0 Å². The SMILES string of the molecule is CCC(CC(=N)N)N1CCC(C)CC1C. The number of amidine groups is 1. The Kier molecular flexibility index (Phi) is 4.58. The molecule has 3 N–H and O–H groups in total. The predicted molar refractivity (Wildman–Crippen MR) is 65.2 cm³/mol. The van der Waals surface area contributed by atoms with E-state index >= 15 is 0 Å². The molecule has 1 saturated heterocycles. The molecule has 0 aromatic heterocycles. The second-order valence-electron chi connectivity index (χ2n) is 5.01. The van der Waals surface area contributed by atoms with Crippen LogP contribution >= 0.6 is 0 Å². The van der Waals surface area contributed by atoms with Crippen LogP contribution in [0.15, 0.2) is 0 Å². The van der Waals surface area contributed by atoms with Crippen LogP contribution in [0.5, 0.6) is 0 Å². The van der Waals surface area contributed by atoms with E-state index in [2.05, 4.69) is 25.7 Å². The Morgan fingerprint density at radius 2 is 2.20 bits per heavy atom. The maximum absolute atomic E-state index is 7.40. The van der Waals surface area contributed by atoms with Gasteiger partial charge in [0.1, 0.15) is 0 Å². The molecular formula is C12H25N3. The van der Waals surface area contributed by atoms with E-state index in [1.807, 2.05) is 0 Å². The maximum Gasteiger partial charge on any atom is 0.0921 e. The van der Waals surface area contributed by atoms with E-state index in [0.717, 1.165) is 18.8 Å². The molecule has 0 aliphatic carbocycles. The Morgan fingerprint density at radius 1 is 1.53 bits per heavy atom. The largest absolute Gasteiger partial charge is 0.388 e. The Balaban J connectivity index is 2.55. The molecule has 3 atom stereocenters. The van der Waals surface area contributed by atoms with Crippen molar-refractivity contribution in [3.8, 4) is 0 Å². The summed E-state index contributed by atoms with van der Waals surface area (Å²) in [6, 6.07) is 1.13. The number of hydrogen-bond acceptors (Lipinski definition) is 2. The molecule has 0 aromatic carbocycles. The molecule has 1 heterocycles. The predicted octanol–water partition coefficient (Wildman–Crippen LogP) is 2.21. The van der Waals surface area contributed by atoms with Gasteiger partial charge in [0.15, 0.2) is 0 Å². The summed E-state index contributed by atoms with van der Waals surface area (Å²) in [6.07, 6.45) is 4.40. The van der Waals surface area contributed by atoms with Crippen LogP contribution in [0.4, 0.5) is 0 Å². The highest BCUT2D eigenvalue weighted by atomic mass is 15.2. The van der Waals surface area contributed by atoms with Gasteiger partial charge in [-0.25, -0.2) is 0 Å². The van der Waals surface area contributed by atoms with Crippen LogP contribution in [-0.4, -0.2) is 29.4 Å². The lowest BCUT2D eigenvalue weighted by Gasteiger charge is -2.41. The summed E-state index contributed by atoms with van der Waals surface area (Å²) >= 11 is 0. The number of nitrogens with one attached hydrogen (secondary N) is 1. The number of nitrogens with zero attached hydrogens (tertiary/aromatic N) is 1. The van der Waals surface area contributed by atoms with E-state index < -0.39 is 0 Å². The standard InChI is InChI=1S/C12H25N3/c1-4-11(8-12(13)14)15-6-5-9(2)7-10(15)3/h9-11H,4-8H2,1-3H3,(H3,13,14). The third kappa shape index (κ3) is 3.49. The molecule has 0 radical (unpaired) electrons. The van der Waals surface area contributed by atoms with Crippen molar-refractivity contribution in [3.63, 3.8) is 0 Å². The minimum absolute atomic E-state index is 0.327. The van der Waals surface area contributed by atoms with Gasteiger partial charge in [-0.15, -0.1) is 0 Å². The van der Waals surface area contributed by atoms with Crippen LogP contribution in [0.1, 0.15) is 46.5 Å². The van der Waals surface area contributed by atoms with Crippen molar-refractivity contribution >= 4 is 5.84 Å². The van der Waals surface area contributed by atoms with Crippen molar-refractivity contribution < 1.29 is 0 Å². The zero-order chi connectivity index (χ0) is 11.4. The van der Waals surface area contributed by atoms with Gasteiger partial charge in [-0.3, -0.25) is 10.3 Å². The first-order chi connectivity index (χ1) is 7.04. The highest BCUT2D eigenvalue weighted by Gasteiger charge is 2.27. The van der Waals surface area contributed by atoms with E-state index in [9.17, 15) is 0 Å². The van der Waals surface area contributed by atoms with Crippen molar-refractivity contribution in [3.05, 3.63) is 0 Å². The van der Waals surface area contributed by atoms with E-state index in [1.54, 1.807) is 0 Å². The van der Waals surface area contributed by atoms with Crippen LogP contribution in [0.2, 0.25) is 0 Å². The second-order valence-corrected chi connectivity index (χ2v) is 5.01. The van der Waals surface area contributed by atoms with Gasteiger partial charge in [0.05, 0.1) is 5.84 Å². The van der Waals surface area contributed by atoms with Crippen LogP contribution in [0.25, 0.3) is 0 Å². The molecule has 0 aromatic rings. The number of hydrogen-bond donors (Lipinski definition) is 2. The third-order valence-electron chi connectivity index (χ3n) is 3.59. The van der Waals surface area contributed by atoms with Gasteiger partial charge in [-0.2, -0.15) is 0 Å². The molecule has 0 bridgehead atoms. The molecule has 0 saturated carbocycles. The smallest absolute Gasteiger partial charge is 0.0921 e. The minimum atomic E-state index is 0.327. The molecule has 88 valence electrons. The Hall–Kier alpha value is -0.570. The number of likely N-dealkylation sites (tertiary alicyclic amines) is 1. The fourth-order valence-corrected chi connectivity index (χ4v) is 2.72. The Morgan fingerprint density at radius 3 is 2.67 bits per heavy atom. The molecule has 15 heavy (non-hydrogen) atoms. The molecule has 1 aliphatic rings. The average Bonchev–Trinajstić information content (AvgIpc) is 2.14. The van der Waals surface area contributed by atoms with E-state index in [1.165, 1.54) is 19.4 Å². The van der Waals surface area contributed by atoms with Gasteiger partial charge in [-0.1, -0.05) is 13.8 Å². The van der Waals surface area contributed by atoms with Gasteiger partial charge in [-0.05, 0) is 38.6 Å². The van der Waals surface area contributed by atoms with Gasteiger partial charge in [0.2, 0.25) is 0 Å². The topological polar surface area (TPSA) is 53.1 Å². The number of rotatable bonds is 4. The first-order valence-corrected chi connectivity index (χ1v) is 6.13. The summed E-state index contributed by atoms with van der Waals surface area (Å²) in [4.78, 5) is 2.54. The van der Waals surface area contributed by atoms with Gasteiger partial charge in [0, 0.05) is 18.5 Å². The Bertz CT molecular complexity index is 215. The zero-order valence-corrected chi connectivity index (χ0v) is 10.3. The molecular weight excluding hydrogens is 186 g/mol. The molecule has 0 amide bonds. The minimum Gasteiger partial charge on any atom is -0.388 e. The van der Waals surface area contributed by atoms with Crippen LogP contribution in [0.3, 0.4) is 0 Å². The fraction of sp³-hybridized carbons (Fsp3) is 0.917. The molecule has 1 aliphatic heterocycles. The van der Waals surface area contributed by atoms with Crippen molar-refractivity contribution in [2.75, 3.05) is 6.54 Å². The highest BCUT2D eigenvalue weighted by Crippen LogP contribution is 2.25. The number of nitrogens with two attached hydrogens (primary N) is 1. The third-order valence-corrected chi connectivity index (χ3v) is 3.59. The van der Waals surface area contributed by atoms with Crippen LogP contribution in [0, 0.1) is 11.3 Å². The van der Waals surface area contributed by atoms with Crippen molar-refractivity contribution in [2.24, 2.45) is 11.7 Å². The zero-order valence-electron chi connectivity index (χ0n) is 10.3. The molecule has 3 unspecified atom stereocenters. The lowest BCUT2D eigenvalue weighted by atomic mass is 9.91. The normalized spacial score (nSPS) is 30.1. The second kappa shape index (κ2) is 5.50. The summed E-state index contributed by atoms with van der Waals surface area (Å²) in [5.74, 6) is 1.18. The van der Waals surface area contributed by atoms with Gasteiger partial charge < -0.3 is 5.73 Å². The van der Waals surface area contributed by atoms with Gasteiger partial charge >= 0.3 is 0 Å². The number of piperidine rings is 1. The van der Waals surface area contributed by atoms with Crippen LogP contribution < -0.4 is 5.73 Å². The molecule has 3 heteroatoms. The quantitative estimate of drug-likeness (QED) is 0.553. The summed E-state index contributed by atoms with van der Waals surface area (Å²) in [6.45, 7) is 8.00. The maximum atomic E-state index is 7.40. The summed E-state index contributed by atoms with van der Waals surface area (Å²) < 4.78 is 0. The molecule has 1 rings (SSSR count). The highest BCUT2D eigenvalue weighted by molar-refractivity contribution is 5.77. The first-order valence-electron chi connectivity index (χ1n) is 6.13. The average molecular weight is 211 g/mol. The lowest BCUT2D eigenvalue weighted by Crippen LogP contribution is -2.47. The monoisotopic (exact) mass is 211 g/mol.